The quantitative estimate of drug-likeness (QED) is 0.831. The molecular formula is C18H22F2N4O. The van der Waals surface area contributed by atoms with Gasteiger partial charge in [0.25, 0.3) is 0 Å². The van der Waals surface area contributed by atoms with Crippen LogP contribution in [0.5, 0.6) is 5.88 Å². The summed E-state index contributed by atoms with van der Waals surface area (Å²) in [4.78, 5) is 12.6. The Bertz CT molecular complexity index is 728. The number of aromatic nitrogens is 2. The highest BCUT2D eigenvalue weighted by Crippen LogP contribution is 2.23. The van der Waals surface area contributed by atoms with Crippen LogP contribution in [-0.2, 0) is 6.54 Å². The zero-order chi connectivity index (χ0) is 17.8. The third-order valence-corrected chi connectivity index (χ3v) is 4.64. The highest BCUT2D eigenvalue weighted by atomic mass is 19.1. The van der Waals surface area contributed by atoms with Gasteiger partial charge < -0.3 is 9.64 Å². The van der Waals surface area contributed by atoms with Crippen LogP contribution in [0.15, 0.2) is 30.6 Å². The molecule has 0 spiro atoms. The first-order valence-electron chi connectivity index (χ1n) is 8.32. The van der Waals surface area contributed by atoms with E-state index in [0.717, 1.165) is 37.8 Å². The number of hydrogen-bond acceptors (Lipinski definition) is 5. The van der Waals surface area contributed by atoms with Crippen molar-refractivity contribution in [2.24, 2.45) is 0 Å². The van der Waals surface area contributed by atoms with E-state index < -0.39 is 11.6 Å². The van der Waals surface area contributed by atoms with Gasteiger partial charge in [0.15, 0.2) is 0 Å². The van der Waals surface area contributed by atoms with E-state index in [1.54, 1.807) is 13.2 Å². The van der Waals surface area contributed by atoms with Crippen LogP contribution < -0.4 is 9.64 Å². The predicted octanol–water partition coefficient (Wildman–Crippen LogP) is 2.86. The van der Waals surface area contributed by atoms with Gasteiger partial charge in [0, 0.05) is 43.9 Å². The lowest BCUT2D eigenvalue weighted by Crippen LogP contribution is -2.46. The maximum absolute atomic E-state index is 13.9. The summed E-state index contributed by atoms with van der Waals surface area (Å²) in [6.07, 6.45) is 3.53. The monoisotopic (exact) mass is 348 g/mol. The Labute approximate surface area is 146 Å². The van der Waals surface area contributed by atoms with Gasteiger partial charge in [-0.05, 0) is 25.5 Å². The number of hydrogen-bond donors (Lipinski definition) is 0. The summed E-state index contributed by atoms with van der Waals surface area (Å²) >= 11 is 0. The van der Waals surface area contributed by atoms with E-state index in [1.807, 2.05) is 7.05 Å². The lowest BCUT2D eigenvalue weighted by Gasteiger charge is -2.38. The number of nitrogens with zero attached hydrogens (tertiary/aromatic N) is 4. The van der Waals surface area contributed by atoms with E-state index in [9.17, 15) is 8.78 Å². The van der Waals surface area contributed by atoms with Gasteiger partial charge in [0.2, 0.25) is 5.88 Å². The minimum Gasteiger partial charge on any atom is -0.481 e. The Morgan fingerprint density at radius 1 is 1.28 bits per heavy atom. The van der Waals surface area contributed by atoms with Gasteiger partial charge >= 0.3 is 0 Å². The van der Waals surface area contributed by atoms with Crippen molar-refractivity contribution >= 4 is 5.82 Å². The first kappa shape index (κ1) is 17.5. The Hall–Kier alpha value is -2.28. The number of rotatable bonds is 5. The fraction of sp³-hybridized carbons (Fsp3) is 0.444. The van der Waals surface area contributed by atoms with Gasteiger partial charge in [-0.2, -0.15) is 0 Å². The van der Waals surface area contributed by atoms with Crippen LogP contribution in [0.2, 0.25) is 0 Å². The number of benzene rings is 1. The van der Waals surface area contributed by atoms with Gasteiger partial charge in [0.1, 0.15) is 23.8 Å². The summed E-state index contributed by atoms with van der Waals surface area (Å²) in [5.74, 6) is 0.288. The van der Waals surface area contributed by atoms with Crippen LogP contribution in [0.4, 0.5) is 14.6 Å². The van der Waals surface area contributed by atoms with Crippen molar-refractivity contribution in [3.05, 3.63) is 47.8 Å². The van der Waals surface area contributed by atoms with Gasteiger partial charge in [-0.3, -0.25) is 4.90 Å². The Kier molecular flexibility index (Phi) is 5.43. The van der Waals surface area contributed by atoms with E-state index >= 15 is 0 Å². The molecule has 1 fully saturated rings. The molecule has 0 N–H and O–H groups in total. The van der Waals surface area contributed by atoms with Crippen LogP contribution in [0.25, 0.3) is 0 Å². The molecule has 0 amide bonds. The first-order valence-corrected chi connectivity index (χ1v) is 8.32. The van der Waals surface area contributed by atoms with E-state index in [4.69, 9.17) is 4.74 Å². The summed E-state index contributed by atoms with van der Waals surface area (Å²) < 4.78 is 32.1. The first-order chi connectivity index (χ1) is 12.1. The van der Waals surface area contributed by atoms with Crippen LogP contribution in [0.3, 0.4) is 0 Å². The summed E-state index contributed by atoms with van der Waals surface area (Å²) in [6.45, 7) is 2.16. The van der Waals surface area contributed by atoms with E-state index in [0.29, 0.717) is 18.0 Å². The number of methoxy groups -OCH3 is 1. The molecule has 0 saturated carbocycles. The average molecular weight is 348 g/mol. The molecule has 0 radical (unpaired) electrons. The summed E-state index contributed by atoms with van der Waals surface area (Å²) in [5.41, 5.74) is 0.522. The molecule has 1 atom stereocenters. The van der Waals surface area contributed by atoms with E-state index in [2.05, 4.69) is 19.8 Å². The van der Waals surface area contributed by atoms with Crippen molar-refractivity contribution in [3.8, 4) is 5.88 Å². The average Bonchev–Trinajstić information content (AvgIpc) is 2.64. The molecular weight excluding hydrogens is 326 g/mol. The Balaban J connectivity index is 1.67. The molecule has 1 aromatic carbocycles. The number of halogens is 2. The van der Waals surface area contributed by atoms with Crippen LogP contribution >= 0.6 is 0 Å². The second kappa shape index (κ2) is 7.74. The highest BCUT2D eigenvalue weighted by molar-refractivity contribution is 5.41. The predicted molar refractivity (Wildman–Crippen MR) is 91.6 cm³/mol. The Morgan fingerprint density at radius 2 is 2.12 bits per heavy atom. The standard InChI is InChI=1S/C18H22F2N4O/c1-23(17-9-18(25-2)22-12-21-17)15-4-3-7-24(11-15)10-13-5-6-14(19)8-16(13)20/h5-6,8-9,12,15H,3-4,7,10-11H2,1-2H3. The summed E-state index contributed by atoms with van der Waals surface area (Å²) in [6, 6.07) is 5.83. The van der Waals surface area contributed by atoms with Crippen molar-refractivity contribution in [2.45, 2.75) is 25.4 Å². The number of likely N-dealkylation sites (tertiary alicyclic amines) is 1. The van der Waals surface area contributed by atoms with Crippen molar-refractivity contribution in [1.82, 2.24) is 14.9 Å². The molecule has 3 rings (SSSR count). The second-order valence-electron chi connectivity index (χ2n) is 6.30. The van der Waals surface area contributed by atoms with Crippen LogP contribution in [0, 0.1) is 11.6 Å². The Morgan fingerprint density at radius 3 is 2.88 bits per heavy atom. The largest absolute Gasteiger partial charge is 0.481 e. The van der Waals surface area contributed by atoms with Gasteiger partial charge in [0.05, 0.1) is 7.11 Å². The zero-order valence-corrected chi connectivity index (χ0v) is 14.5. The minimum atomic E-state index is -0.546. The molecule has 2 heterocycles. The fourth-order valence-electron chi connectivity index (χ4n) is 3.20. The molecule has 7 heteroatoms. The minimum absolute atomic E-state index is 0.261. The van der Waals surface area contributed by atoms with E-state index in [1.165, 1.54) is 18.5 Å². The molecule has 1 unspecified atom stereocenters. The highest BCUT2D eigenvalue weighted by Gasteiger charge is 2.25. The fourth-order valence-corrected chi connectivity index (χ4v) is 3.20. The van der Waals surface area contributed by atoms with Crippen molar-refractivity contribution in [1.29, 1.82) is 0 Å². The topological polar surface area (TPSA) is 41.5 Å². The van der Waals surface area contributed by atoms with Gasteiger partial charge in [-0.25, -0.2) is 18.7 Å². The number of likely N-dealkylation sites (N-methyl/N-ethyl adjacent to an activating group) is 1. The molecule has 1 saturated heterocycles. The maximum atomic E-state index is 13.9. The molecule has 1 aliphatic heterocycles. The van der Waals surface area contributed by atoms with Gasteiger partial charge in [-0.15, -0.1) is 0 Å². The van der Waals surface area contributed by atoms with Gasteiger partial charge in [-0.1, -0.05) is 6.07 Å². The molecule has 1 aromatic heterocycles. The molecule has 0 aliphatic carbocycles. The smallest absolute Gasteiger partial charge is 0.218 e. The molecule has 25 heavy (non-hydrogen) atoms. The number of ether oxygens (including phenoxy) is 1. The lowest BCUT2D eigenvalue weighted by atomic mass is 10.0. The third kappa shape index (κ3) is 4.22. The zero-order valence-electron chi connectivity index (χ0n) is 14.5. The molecule has 5 nitrogen and oxygen atoms in total. The lowest BCUT2D eigenvalue weighted by molar-refractivity contribution is 0.196. The van der Waals surface area contributed by atoms with Crippen LogP contribution in [-0.4, -0.2) is 48.2 Å². The molecule has 0 bridgehead atoms. The maximum Gasteiger partial charge on any atom is 0.218 e. The SMILES string of the molecule is COc1cc(N(C)C2CCCN(Cc3ccc(F)cc3F)C2)ncn1. The summed E-state index contributed by atoms with van der Waals surface area (Å²) in [7, 11) is 3.57. The van der Waals surface area contributed by atoms with Crippen molar-refractivity contribution < 1.29 is 13.5 Å². The number of piperidine rings is 1. The molecule has 134 valence electrons. The third-order valence-electron chi connectivity index (χ3n) is 4.64. The van der Waals surface area contributed by atoms with Crippen molar-refractivity contribution in [3.63, 3.8) is 0 Å². The van der Waals surface area contributed by atoms with Crippen LogP contribution in [0.1, 0.15) is 18.4 Å². The second-order valence-corrected chi connectivity index (χ2v) is 6.30. The summed E-state index contributed by atoms with van der Waals surface area (Å²) in [5, 5.41) is 0. The molecule has 2 aromatic rings. The van der Waals surface area contributed by atoms with Crippen molar-refractivity contribution in [2.75, 3.05) is 32.1 Å². The number of anilines is 1. The normalized spacial score (nSPS) is 18.2. The van der Waals surface area contributed by atoms with E-state index in [-0.39, 0.29) is 6.04 Å². The molecule has 1 aliphatic rings.